The summed E-state index contributed by atoms with van der Waals surface area (Å²) >= 11 is 5.74. The van der Waals surface area contributed by atoms with Crippen molar-refractivity contribution in [1.82, 2.24) is 4.90 Å². The fourth-order valence-corrected chi connectivity index (χ4v) is 3.14. The number of ether oxygens (including phenoxy) is 1. The summed E-state index contributed by atoms with van der Waals surface area (Å²) in [5.74, 6) is -0.465. The standard InChI is InChI=1S/C20H22ClFN2O3/c21-16-6-7-18(17(22)12-16)23-14-20(26)8-10-24(11-9-20)19(25)27-13-15-4-2-1-3-5-15/h1-7,12,23,26H,8-11,13-14H2. The Morgan fingerprint density at radius 2 is 1.93 bits per heavy atom. The Balaban J connectivity index is 1.46. The fraction of sp³-hybridized carbons (Fsp3) is 0.350. The Morgan fingerprint density at radius 1 is 1.22 bits per heavy atom. The number of likely N-dealkylation sites (tertiary alicyclic amines) is 1. The number of benzene rings is 2. The van der Waals surface area contributed by atoms with Crippen molar-refractivity contribution in [2.24, 2.45) is 0 Å². The third-order valence-corrected chi connectivity index (χ3v) is 4.93. The minimum absolute atomic E-state index is 0.193. The number of rotatable bonds is 5. The summed E-state index contributed by atoms with van der Waals surface area (Å²) in [6.45, 7) is 1.18. The van der Waals surface area contributed by atoms with Crippen molar-refractivity contribution in [2.75, 3.05) is 25.0 Å². The Morgan fingerprint density at radius 3 is 2.59 bits per heavy atom. The largest absolute Gasteiger partial charge is 0.445 e. The molecule has 0 unspecified atom stereocenters. The first-order chi connectivity index (χ1) is 13.0. The van der Waals surface area contributed by atoms with E-state index in [0.29, 0.717) is 31.0 Å². The van der Waals surface area contributed by atoms with Gasteiger partial charge in [0.2, 0.25) is 0 Å². The highest BCUT2D eigenvalue weighted by atomic mass is 35.5. The van der Waals surface area contributed by atoms with E-state index in [-0.39, 0.29) is 18.8 Å². The molecule has 1 fully saturated rings. The molecule has 1 heterocycles. The zero-order chi connectivity index (χ0) is 19.3. The van der Waals surface area contributed by atoms with E-state index >= 15 is 0 Å². The topological polar surface area (TPSA) is 61.8 Å². The molecule has 0 saturated carbocycles. The molecule has 144 valence electrons. The molecular weight excluding hydrogens is 371 g/mol. The SMILES string of the molecule is O=C(OCc1ccccc1)N1CCC(O)(CNc2ccc(Cl)cc2F)CC1. The first kappa shape index (κ1) is 19.5. The lowest BCUT2D eigenvalue weighted by Gasteiger charge is -2.37. The van der Waals surface area contributed by atoms with Crippen molar-refractivity contribution in [3.05, 3.63) is 64.9 Å². The highest BCUT2D eigenvalue weighted by Gasteiger charge is 2.34. The van der Waals surface area contributed by atoms with Crippen LogP contribution in [0.1, 0.15) is 18.4 Å². The number of halogens is 2. The van der Waals surface area contributed by atoms with Gasteiger partial charge in [-0.15, -0.1) is 0 Å². The number of amides is 1. The van der Waals surface area contributed by atoms with Crippen LogP contribution in [0.5, 0.6) is 0 Å². The van der Waals surface area contributed by atoms with E-state index in [1.165, 1.54) is 12.1 Å². The van der Waals surface area contributed by atoms with Gasteiger partial charge in [-0.25, -0.2) is 9.18 Å². The lowest BCUT2D eigenvalue weighted by molar-refractivity contribution is -0.0111. The van der Waals surface area contributed by atoms with Crippen LogP contribution in [-0.4, -0.2) is 41.3 Å². The molecule has 2 aromatic carbocycles. The van der Waals surface area contributed by atoms with Gasteiger partial charge in [0, 0.05) is 24.7 Å². The van der Waals surface area contributed by atoms with Crippen molar-refractivity contribution in [3.63, 3.8) is 0 Å². The van der Waals surface area contributed by atoms with Gasteiger partial charge in [-0.2, -0.15) is 0 Å². The van der Waals surface area contributed by atoms with Gasteiger partial charge in [-0.1, -0.05) is 41.9 Å². The molecule has 0 aliphatic carbocycles. The minimum Gasteiger partial charge on any atom is -0.445 e. The third-order valence-electron chi connectivity index (χ3n) is 4.70. The molecule has 0 atom stereocenters. The molecule has 27 heavy (non-hydrogen) atoms. The first-order valence-corrected chi connectivity index (χ1v) is 9.20. The molecule has 1 saturated heterocycles. The fourth-order valence-electron chi connectivity index (χ4n) is 2.99. The van der Waals surface area contributed by atoms with Crippen molar-refractivity contribution in [2.45, 2.75) is 25.0 Å². The Hall–Kier alpha value is -2.31. The van der Waals surface area contributed by atoms with Gasteiger partial charge in [-0.3, -0.25) is 0 Å². The summed E-state index contributed by atoms with van der Waals surface area (Å²) in [6.07, 6.45) is 0.378. The van der Waals surface area contributed by atoms with Crippen LogP contribution in [-0.2, 0) is 11.3 Å². The Kier molecular flexibility index (Phi) is 6.19. The second-order valence-corrected chi connectivity index (χ2v) is 7.17. The number of aliphatic hydroxyl groups is 1. The molecule has 3 rings (SSSR count). The summed E-state index contributed by atoms with van der Waals surface area (Å²) in [6, 6.07) is 13.8. The van der Waals surface area contributed by atoms with Crippen LogP contribution in [0.25, 0.3) is 0 Å². The van der Waals surface area contributed by atoms with Crippen molar-refractivity contribution in [3.8, 4) is 0 Å². The Labute approximate surface area is 162 Å². The third kappa shape index (κ3) is 5.34. The Bertz CT molecular complexity index is 780. The van der Waals surface area contributed by atoms with Gasteiger partial charge in [0.05, 0.1) is 11.3 Å². The zero-order valence-electron chi connectivity index (χ0n) is 14.8. The maximum atomic E-state index is 13.8. The number of hydrogen-bond acceptors (Lipinski definition) is 4. The molecule has 0 bridgehead atoms. The molecular formula is C20H22ClFN2O3. The van der Waals surface area contributed by atoms with Crippen LogP contribution in [0, 0.1) is 5.82 Å². The summed E-state index contributed by atoms with van der Waals surface area (Å²) in [4.78, 5) is 13.8. The molecule has 0 radical (unpaired) electrons. The normalized spacial score (nSPS) is 16.0. The molecule has 5 nitrogen and oxygen atoms in total. The first-order valence-electron chi connectivity index (χ1n) is 8.82. The van der Waals surface area contributed by atoms with Crippen LogP contribution < -0.4 is 5.32 Å². The number of nitrogens with zero attached hydrogens (tertiary/aromatic N) is 1. The lowest BCUT2D eigenvalue weighted by Crippen LogP contribution is -2.50. The predicted octanol–water partition coefficient (Wildman–Crippen LogP) is 4.05. The van der Waals surface area contributed by atoms with Gasteiger partial charge in [0.25, 0.3) is 0 Å². The van der Waals surface area contributed by atoms with Gasteiger partial charge < -0.3 is 20.1 Å². The number of piperidine rings is 1. The molecule has 2 aromatic rings. The molecule has 1 aliphatic rings. The second kappa shape index (κ2) is 8.59. The quantitative estimate of drug-likeness (QED) is 0.805. The average molecular weight is 393 g/mol. The summed E-state index contributed by atoms with van der Waals surface area (Å²) < 4.78 is 19.1. The van der Waals surface area contributed by atoms with Gasteiger partial charge in [0.1, 0.15) is 12.4 Å². The maximum absolute atomic E-state index is 13.8. The number of carbonyl (C=O) groups excluding carboxylic acids is 1. The summed E-state index contributed by atoms with van der Waals surface area (Å²) in [5, 5.41) is 13.9. The lowest BCUT2D eigenvalue weighted by atomic mass is 9.91. The van der Waals surface area contributed by atoms with Crippen LogP contribution in [0.15, 0.2) is 48.5 Å². The van der Waals surface area contributed by atoms with Crippen LogP contribution in [0.4, 0.5) is 14.9 Å². The number of anilines is 1. The van der Waals surface area contributed by atoms with E-state index in [9.17, 15) is 14.3 Å². The molecule has 0 aromatic heterocycles. The predicted molar refractivity (Wildman–Crippen MR) is 102 cm³/mol. The summed E-state index contributed by atoms with van der Waals surface area (Å²) in [7, 11) is 0. The van der Waals surface area contributed by atoms with E-state index in [4.69, 9.17) is 16.3 Å². The van der Waals surface area contributed by atoms with E-state index < -0.39 is 17.5 Å². The van der Waals surface area contributed by atoms with Crippen LogP contribution in [0.3, 0.4) is 0 Å². The highest BCUT2D eigenvalue weighted by Crippen LogP contribution is 2.25. The van der Waals surface area contributed by atoms with E-state index in [2.05, 4.69) is 5.32 Å². The maximum Gasteiger partial charge on any atom is 0.410 e. The smallest absolute Gasteiger partial charge is 0.410 e. The molecule has 2 N–H and O–H groups in total. The second-order valence-electron chi connectivity index (χ2n) is 6.73. The van der Waals surface area contributed by atoms with Crippen molar-refractivity contribution >= 4 is 23.4 Å². The number of hydrogen-bond donors (Lipinski definition) is 2. The van der Waals surface area contributed by atoms with Crippen LogP contribution >= 0.6 is 11.6 Å². The zero-order valence-corrected chi connectivity index (χ0v) is 15.6. The van der Waals surface area contributed by atoms with Crippen molar-refractivity contribution < 1.29 is 19.0 Å². The van der Waals surface area contributed by atoms with E-state index in [1.807, 2.05) is 30.3 Å². The van der Waals surface area contributed by atoms with Gasteiger partial charge in [0.15, 0.2) is 0 Å². The molecule has 1 amide bonds. The number of carbonyl (C=O) groups is 1. The van der Waals surface area contributed by atoms with Crippen molar-refractivity contribution in [1.29, 1.82) is 0 Å². The monoisotopic (exact) mass is 392 g/mol. The van der Waals surface area contributed by atoms with E-state index in [0.717, 1.165) is 5.56 Å². The minimum atomic E-state index is -1.01. The van der Waals surface area contributed by atoms with Gasteiger partial charge >= 0.3 is 6.09 Å². The number of nitrogens with one attached hydrogen (secondary N) is 1. The average Bonchev–Trinajstić information content (AvgIpc) is 2.67. The van der Waals surface area contributed by atoms with Crippen LogP contribution in [0.2, 0.25) is 5.02 Å². The molecule has 7 heteroatoms. The summed E-state index contributed by atoms with van der Waals surface area (Å²) in [5.41, 5.74) is 0.202. The molecule has 0 spiro atoms. The molecule has 1 aliphatic heterocycles. The highest BCUT2D eigenvalue weighted by molar-refractivity contribution is 6.30. The van der Waals surface area contributed by atoms with E-state index in [1.54, 1.807) is 11.0 Å². The van der Waals surface area contributed by atoms with Gasteiger partial charge in [-0.05, 0) is 36.6 Å².